The Morgan fingerprint density at radius 3 is 2.31 bits per heavy atom. The standard InChI is InChI=1S/C14H14FN/c15-13-8-4-5-9-14(13)16-11-10-12-6-2-1-3-7-12/h1-9,16H,10-11H2. The predicted molar refractivity (Wildman–Crippen MR) is 65.0 cm³/mol. The van der Waals surface area contributed by atoms with Crippen LogP contribution in [0.15, 0.2) is 54.6 Å². The zero-order valence-corrected chi connectivity index (χ0v) is 8.99. The first kappa shape index (κ1) is 10.7. The normalized spacial score (nSPS) is 10.1. The Morgan fingerprint density at radius 1 is 0.875 bits per heavy atom. The van der Waals surface area contributed by atoms with E-state index in [0.717, 1.165) is 13.0 Å². The summed E-state index contributed by atoms with van der Waals surface area (Å²) in [6, 6.07) is 16.9. The Morgan fingerprint density at radius 2 is 1.56 bits per heavy atom. The summed E-state index contributed by atoms with van der Waals surface area (Å²) >= 11 is 0. The average molecular weight is 215 g/mol. The second kappa shape index (κ2) is 5.31. The van der Waals surface area contributed by atoms with Gasteiger partial charge in [-0.2, -0.15) is 0 Å². The van der Waals surface area contributed by atoms with Crippen molar-refractivity contribution in [2.75, 3.05) is 11.9 Å². The summed E-state index contributed by atoms with van der Waals surface area (Å²) in [5.74, 6) is -0.199. The lowest BCUT2D eigenvalue weighted by atomic mass is 10.1. The molecular weight excluding hydrogens is 201 g/mol. The summed E-state index contributed by atoms with van der Waals surface area (Å²) in [6.07, 6.45) is 0.898. The van der Waals surface area contributed by atoms with Crippen LogP contribution >= 0.6 is 0 Å². The summed E-state index contributed by atoms with van der Waals surface area (Å²) in [5.41, 5.74) is 1.82. The Balaban J connectivity index is 1.87. The van der Waals surface area contributed by atoms with Crippen LogP contribution in [-0.2, 0) is 6.42 Å². The predicted octanol–water partition coefficient (Wildman–Crippen LogP) is 3.48. The first-order valence-electron chi connectivity index (χ1n) is 5.38. The van der Waals surface area contributed by atoms with Crippen molar-refractivity contribution in [1.82, 2.24) is 0 Å². The highest BCUT2D eigenvalue weighted by atomic mass is 19.1. The fourth-order valence-corrected chi connectivity index (χ4v) is 1.59. The quantitative estimate of drug-likeness (QED) is 0.823. The molecule has 0 atom stereocenters. The van der Waals surface area contributed by atoms with Crippen molar-refractivity contribution in [3.05, 3.63) is 66.0 Å². The monoisotopic (exact) mass is 215 g/mol. The molecule has 0 heterocycles. The average Bonchev–Trinajstić information content (AvgIpc) is 2.33. The number of halogens is 1. The maximum Gasteiger partial charge on any atom is 0.146 e. The van der Waals surface area contributed by atoms with E-state index in [1.807, 2.05) is 24.3 Å². The van der Waals surface area contributed by atoms with Crippen LogP contribution in [0.1, 0.15) is 5.56 Å². The lowest BCUT2D eigenvalue weighted by Gasteiger charge is -2.07. The fraction of sp³-hybridized carbons (Fsp3) is 0.143. The van der Waals surface area contributed by atoms with Crippen LogP contribution in [0.2, 0.25) is 0 Å². The Kier molecular flexibility index (Phi) is 3.54. The molecule has 0 radical (unpaired) electrons. The highest BCUT2D eigenvalue weighted by Crippen LogP contribution is 2.12. The summed E-state index contributed by atoms with van der Waals surface area (Å²) in [5, 5.41) is 3.09. The number of para-hydroxylation sites is 1. The minimum Gasteiger partial charge on any atom is -0.382 e. The summed E-state index contributed by atoms with van der Waals surface area (Å²) in [6.45, 7) is 0.741. The molecule has 0 saturated carbocycles. The third-order valence-electron chi connectivity index (χ3n) is 2.45. The van der Waals surface area contributed by atoms with Crippen LogP contribution < -0.4 is 5.32 Å². The lowest BCUT2D eigenvalue weighted by Crippen LogP contribution is -2.05. The van der Waals surface area contributed by atoms with Crippen LogP contribution in [0, 0.1) is 5.82 Å². The highest BCUT2D eigenvalue weighted by molar-refractivity contribution is 5.44. The van der Waals surface area contributed by atoms with Gasteiger partial charge in [-0.3, -0.25) is 0 Å². The van der Waals surface area contributed by atoms with Gasteiger partial charge in [0.05, 0.1) is 5.69 Å². The molecule has 2 aromatic rings. The van der Waals surface area contributed by atoms with E-state index in [0.29, 0.717) is 5.69 Å². The SMILES string of the molecule is Fc1ccccc1NCCc1ccccc1. The van der Waals surface area contributed by atoms with Crippen molar-refractivity contribution in [2.24, 2.45) is 0 Å². The molecule has 2 heteroatoms. The minimum atomic E-state index is -0.199. The van der Waals surface area contributed by atoms with Gasteiger partial charge in [0.1, 0.15) is 5.82 Å². The summed E-state index contributed by atoms with van der Waals surface area (Å²) < 4.78 is 13.3. The highest BCUT2D eigenvalue weighted by Gasteiger charge is 1.98. The number of benzene rings is 2. The van der Waals surface area contributed by atoms with Crippen LogP contribution in [0.25, 0.3) is 0 Å². The molecule has 0 bridgehead atoms. The van der Waals surface area contributed by atoms with Crippen molar-refractivity contribution >= 4 is 5.69 Å². The van der Waals surface area contributed by atoms with Gasteiger partial charge >= 0.3 is 0 Å². The third-order valence-corrected chi connectivity index (χ3v) is 2.45. The number of nitrogens with one attached hydrogen (secondary N) is 1. The van der Waals surface area contributed by atoms with Crippen LogP contribution in [0.3, 0.4) is 0 Å². The molecule has 0 spiro atoms. The van der Waals surface area contributed by atoms with Gasteiger partial charge in [0.25, 0.3) is 0 Å². The van der Waals surface area contributed by atoms with Gasteiger partial charge in [-0.25, -0.2) is 4.39 Å². The molecule has 0 unspecified atom stereocenters. The van der Waals surface area contributed by atoms with E-state index in [1.54, 1.807) is 12.1 Å². The van der Waals surface area contributed by atoms with Crippen molar-refractivity contribution in [1.29, 1.82) is 0 Å². The zero-order valence-electron chi connectivity index (χ0n) is 8.99. The van der Waals surface area contributed by atoms with E-state index in [2.05, 4.69) is 17.4 Å². The van der Waals surface area contributed by atoms with E-state index >= 15 is 0 Å². The molecule has 0 fully saturated rings. The molecule has 0 aromatic heterocycles. The minimum absolute atomic E-state index is 0.199. The van der Waals surface area contributed by atoms with Crippen molar-refractivity contribution in [3.8, 4) is 0 Å². The number of hydrogen-bond acceptors (Lipinski definition) is 1. The molecule has 1 nitrogen and oxygen atoms in total. The van der Waals surface area contributed by atoms with Gasteiger partial charge in [-0.15, -0.1) is 0 Å². The van der Waals surface area contributed by atoms with Gasteiger partial charge < -0.3 is 5.32 Å². The molecule has 0 amide bonds. The van der Waals surface area contributed by atoms with Gasteiger partial charge in [-0.1, -0.05) is 42.5 Å². The Bertz CT molecular complexity index is 439. The molecule has 0 aliphatic heterocycles. The second-order valence-corrected chi connectivity index (χ2v) is 3.64. The lowest BCUT2D eigenvalue weighted by molar-refractivity contribution is 0.630. The topological polar surface area (TPSA) is 12.0 Å². The van der Waals surface area contributed by atoms with E-state index in [1.165, 1.54) is 11.6 Å². The van der Waals surface area contributed by atoms with E-state index in [-0.39, 0.29) is 5.82 Å². The number of anilines is 1. The second-order valence-electron chi connectivity index (χ2n) is 3.64. The first-order valence-corrected chi connectivity index (χ1v) is 5.38. The molecule has 1 N–H and O–H groups in total. The number of hydrogen-bond donors (Lipinski definition) is 1. The van der Waals surface area contributed by atoms with Crippen molar-refractivity contribution < 1.29 is 4.39 Å². The zero-order chi connectivity index (χ0) is 11.2. The molecule has 16 heavy (non-hydrogen) atoms. The van der Waals surface area contributed by atoms with Crippen LogP contribution in [0.5, 0.6) is 0 Å². The van der Waals surface area contributed by atoms with E-state index in [4.69, 9.17) is 0 Å². The van der Waals surface area contributed by atoms with E-state index in [9.17, 15) is 4.39 Å². The Hall–Kier alpha value is -1.83. The molecule has 0 aliphatic rings. The van der Waals surface area contributed by atoms with Gasteiger partial charge in [-0.05, 0) is 24.1 Å². The largest absolute Gasteiger partial charge is 0.382 e. The summed E-state index contributed by atoms with van der Waals surface area (Å²) in [4.78, 5) is 0. The van der Waals surface area contributed by atoms with Gasteiger partial charge in [0.2, 0.25) is 0 Å². The molecule has 0 aliphatic carbocycles. The first-order chi connectivity index (χ1) is 7.86. The maximum atomic E-state index is 13.3. The van der Waals surface area contributed by atoms with Crippen LogP contribution in [-0.4, -0.2) is 6.54 Å². The molecule has 82 valence electrons. The van der Waals surface area contributed by atoms with E-state index < -0.39 is 0 Å². The number of rotatable bonds is 4. The van der Waals surface area contributed by atoms with Crippen molar-refractivity contribution in [2.45, 2.75) is 6.42 Å². The summed E-state index contributed by atoms with van der Waals surface area (Å²) in [7, 11) is 0. The van der Waals surface area contributed by atoms with Crippen LogP contribution in [0.4, 0.5) is 10.1 Å². The molecule has 0 saturated heterocycles. The third kappa shape index (κ3) is 2.83. The van der Waals surface area contributed by atoms with Gasteiger partial charge in [0.15, 0.2) is 0 Å². The van der Waals surface area contributed by atoms with Gasteiger partial charge in [0, 0.05) is 6.54 Å². The molecular formula is C14H14FN. The smallest absolute Gasteiger partial charge is 0.146 e. The Labute approximate surface area is 94.9 Å². The molecule has 2 rings (SSSR count). The fourth-order valence-electron chi connectivity index (χ4n) is 1.59. The van der Waals surface area contributed by atoms with Crippen molar-refractivity contribution in [3.63, 3.8) is 0 Å². The molecule has 2 aromatic carbocycles. The maximum absolute atomic E-state index is 13.3.